The van der Waals surface area contributed by atoms with Crippen LogP contribution in [-0.4, -0.2) is 54.1 Å². The topological polar surface area (TPSA) is 52.9 Å². The van der Waals surface area contributed by atoms with E-state index in [4.69, 9.17) is 9.84 Å². The van der Waals surface area contributed by atoms with Crippen molar-refractivity contribution in [2.24, 2.45) is 5.92 Å². The molecular formula is C18H29NO3. The van der Waals surface area contributed by atoms with Gasteiger partial charge in [0.2, 0.25) is 0 Å². The number of rotatable bonds is 7. The van der Waals surface area contributed by atoms with Crippen LogP contribution in [0.3, 0.4) is 0 Å². The number of piperidine rings is 1. The second kappa shape index (κ2) is 8.51. The van der Waals surface area contributed by atoms with E-state index in [-0.39, 0.29) is 6.61 Å². The summed E-state index contributed by atoms with van der Waals surface area (Å²) in [5, 5.41) is 19.2. The number of likely N-dealkylation sites (tertiary alicyclic amines) is 1. The second-order valence-electron chi connectivity index (χ2n) is 6.62. The molecular weight excluding hydrogens is 278 g/mol. The summed E-state index contributed by atoms with van der Waals surface area (Å²) in [7, 11) is 0. The molecule has 0 aliphatic carbocycles. The quantitative estimate of drug-likeness (QED) is 0.811. The van der Waals surface area contributed by atoms with Gasteiger partial charge in [0, 0.05) is 13.2 Å². The van der Waals surface area contributed by atoms with Crippen LogP contribution in [0, 0.1) is 5.92 Å². The predicted molar refractivity (Wildman–Crippen MR) is 88.3 cm³/mol. The highest BCUT2D eigenvalue weighted by molar-refractivity contribution is 5.28. The minimum absolute atomic E-state index is 0.284. The lowest BCUT2D eigenvalue weighted by Crippen LogP contribution is -2.41. The van der Waals surface area contributed by atoms with Gasteiger partial charge in [-0.1, -0.05) is 26.0 Å². The van der Waals surface area contributed by atoms with Crippen molar-refractivity contribution in [2.75, 3.05) is 32.8 Å². The minimum atomic E-state index is -0.476. The van der Waals surface area contributed by atoms with Crippen LogP contribution in [0.5, 0.6) is 5.75 Å². The van der Waals surface area contributed by atoms with Gasteiger partial charge in [-0.15, -0.1) is 0 Å². The summed E-state index contributed by atoms with van der Waals surface area (Å²) in [5.74, 6) is 1.76. The Morgan fingerprint density at radius 1 is 1.18 bits per heavy atom. The van der Waals surface area contributed by atoms with Crippen LogP contribution in [-0.2, 0) is 0 Å². The molecule has 0 amide bonds. The fraction of sp³-hybridized carbons (Fsp3) is 0.667. The summed E-state index contributed by atoms with van der Waals surface area (Å²) in [6, 6.07) is 8.08. The summed E-state index contributed by atoms with van der Waals surface area (Å²) in [6.45, 7) is 7.48. The van der Waals surface area contributed by atoms with E-state index >= 15 is 0 Å². The normalized spacial score (nSPS) is 18.6. The van der Waals surface area contributed by atoms with Crippen molar-refractivity contribution in [3.8, 4) is 5.75 Å². The molecule has 0 bridgehead atoms. The largest absolute Gasteiger partial charge is 0.491 e. The van der Waals surface area contributed by atoms with Crippen LogP contribution in [0.15, 0.2) is 24.3 Å². The number of hydrogen-bond acceptors (Lipinski definition) is 4. The number of hydrogen-bond donors (Lipinski definition) is 2. The van der Waals surface area contributed by atoms with Crippen LogP contribution in [0.1, 0.15) is 38.2 Å². The number of benzene rings is 1. The average molecular weight is 307 g/mol. The second-order valence-corrected chi connectivity index (χ2v) is 6.62. The van der Waals surface area contributed by atoms with Crippen molar-refractivity contribution in [2.45, 2.75) is 38.7 Å². The molecule has 1 aromatic carbocycles. The zero-order valence-corrected chi connectivity index (χ0v) is 13.7. The van der Waals surface area contributed by atoms with Gasteiger partial charge in [-0.25, -0.2) is 0 Å². The van der Waals surface area contributed by atoms with E-state index in [1.54, 1.807) is 0 Å². The Kier molecular flexibility index (Phi) is 6.68. The molecule has 22 heavy (non-hydrogen) atoms. The van der Waals surface area contributed by atoms with Gasteiger partial charge in [-0.2, -0.15) is 0 Å². The zero-order valence-electron chi connectivity index (χ0n) is 13.7. The SMILES string of the molecule is CC(C)c1ccc(OCC(O)CN2CCC(CO)CC2)cc1. The Bertz CT molecular complexity index is 424. The van der Waals surface area contributed by atoms with Gasteiger partial charge in [0.05, 0.1) is 0 Å². The van der Waals surface area contributed by atoms with E-state index in [2.05, 4.69) is 30.9 Å². The number of nitrogens with zero attached hydrogens (tertiary/aromatic N) is 1. The third-order valence-electron chi connectivity index (χ3n) is 4.42. The van der Waals surface area contributed by atoms with E-state index in [1.165, 1.54) is 5.56 Å². The average Bonchev–Trinajstić information content (AvgIpc) is 2.54. The van der Waals surface area contributed by atoms with Gasteiger partial charge >= 0.3 is 0 Å². The lowest BCUT2D eigenvalue weighted by Gasteiger charge is -2.32. The highest BCUT2D eigenvalue weighted by Gasteiger charge is 2.20. The first-order chi connectivity index (χ1) is 10.6. The zero-order chi connectivity index (χ0) is 15.9. The van der Waals surface area contributed by atoms with E-state index in [0.29, 0.717) is 25.0 Å². The van der Waals surface area contributed by atoms with Crippen molar-refractivity contribution in [3.05, 3.63) is 29.8 Å². The molecule has 1 aliphatic heterocycles. The number of aliphatic hydroxyl groups excluding tert-OH is 2. The van der Waals surface area contributed by atoms with Gasteiger partial charge in [0.1, 0.15) is 18.5 Å². The highest BCUT2D eigenvalue weighted by atomic mass is 16.5. The fourth-order valence-electron chi connectivity index (χ4n) is 2.84. The van der Waals surface area contributed by atoms with Gasteiger partial charge in [-0.05, 0) is 55.5 Å². The van der Waals surface area contributed by atoms with Crippen molar-refractivity contribution in [1.82, 2.24) is 4.90 Å². The van der Waals surface area contributed by atoms with Crippen LogP contribution in [0.2, 0.25) is 0 Å². The third kappa shape index (κ3) is 5.27. The fourth-order valence-corrected chi connectivity index (χ4v) is 2.84. The van der Waals surface area contributed by atoms with Gasteiger partial charge in [0.25, 0.3) is 0 Å². The Balaban J connectivity index is 1.70. The minimum Gasteiger partial charge on any atom is -0.491 e. The molecule has 0 aromatic heterocycles. The van der Waals surface area contributed by atoms with Crippen LogP contribution in [0.25, 0.3) is 0 Å². The molecule has 1 saturated heterocycles. The summed E-state index contributed by atoms with van der Waals surface area (Å²) in [6.07, 6.45) is 1.55. The summed E-state index contributed by atoms with van der Waals surface area (Å²) < 4.78 is 5.67. The molecule has 1 heterocycles. The maximum absolute atomic E-state index is 10.1. The van der Waals surface area contributed by atoms with Crippen molar-refractivity contribution in [1.29, 1.82) is 0 Å². The van der Waals surface area contributed by atoms with Crippen LogP contribution >= 0.6 is 0 Å². The molecule has 1 atom stereocenters. The van der Waals surface area contributed by atoms with Crippen molar-refractivity contribution < 1.29 is 14.9 Å². The molecule has 124 valence electrons. The van der Waals surface area contributed by atoms with Gasteiger partial charge in [-0.3, -0.25) is 0 Å². The van der Waals surface area contributed by atoms with Crippen LogP contribution < -0.4 is 4.74 Å². The maximum atomic E-state index is 10.1. The molecule has 1 aliphatic rings. The molecule has 1 fully saturated rings. The smallest absolute Gasteiger partial charge is 0.119 e. The van der Waals surface area contributed by atoms with Crippen molar-refractivity contribution in [3.63, 3.8) is 0 Å². The highest BCUT2D eigenvalue weighted by Crippen LogP contribution is 2.19. The molecule has 1 unspecified atom stereocenters. The first-order valence-electron chi connectivity index (χ1n) is 8.32. The molecule has 1 aromatic rings. The summed E-state index contributed by atoms with van der Waals surface area (Å²) >= 11 is 0. The third-order valence-corrected chi connectivity index (χ3v) is 4.42. The Labute approximate surface area is 133 Å². The van der Waals surface area contributed by atoms with Gasteiger partial charge in [0.15, 0.2) is 0 Å². The molecule has 0 radical (unpaired) electrons. The Morgan fingerprint density at radius 3 is 2.36 bits per heavy atom. The first-order valence-corrected chi connectivity index (χ1v) is 8.32. The number of ether oxygens (including phenoxy) is 1. The van der Waals surface area contributed by atoms with E-state index in [9.17, 15) is 5.11 Å². The van der Waals surface area contributed by atoms with Crippen LogP contribution in [0.4, 0.5) is 0 Å². The predicted octanol–water partition coefficient (Wildman–Crippen LogP) is 2.25. The number of β-amino-alcohol motifs (C(OH)–C–C–N with tert-alkyl or cyclic N) is 1. The Morgan fingerprint density at radius 2 is 1.82 bits per heavy atom. The van der Waals surface area contributed by atoms with E-state index in [0.717, 1.165) is 31.7 Å². The van der Waals surface area contributed by atoms with E-state index in [1.807, 2.05) is 12.1 Å². The first kappa shape index (κ1) is 17.3. The summed E-state index contributed by atoms with van der Waals surface area (Å²) in [5.41, 5.74) is 1.29. The number of aliphatic hydroxyl groups is 2. The summed E-state index contributed by atoms with van der Waals surface area (Å²) in [4.78, 5) is 2.25. The molecule has 4 nitrogen and oxygen atoms in total. The van der Waals surface area contributed by atoms with Crippen molar-refractivity contribution >= 4 is 0 Å². The molecule has 0 saturated carbocycles. The lowest BCUT2D eigenvalue weighted by atomic mass is 9.98. The lowest BCUT2D eigenvalue weighted by molar-refractivity contribution is 0.0488. The molecule has 2 N–H and O–H groups in total. The maximum Gasteiger partial charge on any atom is 0.119 e. The van der Waals surface area contributed by atoms with E-state index < -0.39 is 6.10 Å². The Hall–Kier alpha value is -1.10. The molecule has 0 spiro atoms. The molecule has 2 rings (SSSR count). The standard InChI is InChI=1S/C18H29NO3/c1-14(2)16-3-5-18(6-4-16)22-13-17(21)11-19-9-7-15(12-20)8-10-19/h3-6,14-15,17,20-21H,7-13H2,1-2H3. The monoisotopic (exact) mass is 307 g/mol. The van der Waals surface area contributed by atoms with Gasteiger partial charge < -0.3 is 19.8 Å². The molecule has 4 heteroatoms.